The maximum Gasteiger partial charge on any atom is 0.255 e. The molecular formula is C23H19FN2O2. The van der Waals surface area contributed by atoms with Crippen molar-refractivity contribution in [3.8, 4) is 22.5 Å². The second-order valence-electron chi connectivity index (χ2n) is 6.40. The molecule has 1 amide bonds. The number of amides is 1. The third kappa shape index (κ3) is 3.01. The zero-order valence-electron chi connectivity index (χ0n) is 15.5. The van der Waals surface area contributed by atoms with Gasteiger partial charge in [-0.25, -0.2) is 4.39 Å². The van der Waals surface area contributed by atoms with Gasteiger partial charge in [-0.3, -0.25) is 4.79 Å². The number of fused-ring (bicyclic) bond motifs is 1. The van der Waals surface area contributed by atoms with Gasteiger partial charge in [0, 0.05) is 42.4 Å². The van der Waals surface area contributed by atoms with Crippen molar-refractivity contribution in [1.29, 1.82) is 0 Å². The van der Waals surface area contributed by atoms with Crippen molar-refractivity contribution in [2.75, 3.05) is 19.4 Å². The summed E-state index contributed by atoms with van der Waals surface area (Å²) in [6.07, 6.45) is 0. The molecule has 1 aromatic heterocycles. The number of halogens is 1. The Hall–Kier alpha value is -3.60. The van der Waals surface area contributed by atoms with Crippen LogP contribution in [0, 0.1) is 5.82 Å². The van der Waals surface area contributed by atoms with Gasteiger partial charge < -0.3 is 15.1 Å². The highest BCUT2D eigenvalue weighted by Gasteiger charge is 2.23. The summed E-state index contributed by atoms with van der Waals surface area (Å²) in [5, 5.41) is 6.58. The number of furan rings is 1. The van der Waals surface area contributed by atoms with E-state index in [1.165, 1.54) is 12.1 Å². The number of anilines is 1. The topological polar surface area (TPSA) is 54.3 Å². The first-order chi connectivity index (χ1) is 13.6. The van der Waals surface area contributed by atoms with E-state index in [0.29, 0.717) is 27.9 Å². The van der Waals surface area contributed by atoms with Crippen LogP contribution >= 0.6 is 0 Å². The van der Waals surface area contributed by atoms with Gasteiger partial charge in [0.15, 0.2) is 0 Å². The van der Waals surface area contributed by atoms with E-state index in [4.69, 9.17) is 4.42 Å². The number of hydrogen-bond acceptors (Lipinski definition) is 3. The molecule has 3 aromatic carbocycles. The van der Waals surface area contributed by atoms with Crippen molar-refractivity contribution in [3.63, 3.8) is 0 Å². The number of hydrogen-bond donors (Lipinski definition) is 2. The lowest BCUT2D eigenvalue weighted by molar-refractivity contribution is 0.0964. The molecule has 0 saturated carbocycles. The van der Waals surface area contributed by atoms with Crippen LogP contribution in [-0.2, 0) is 0 Å². The molecule has 0 bridgehead atoms. The van der Waals surface area contributed by atoms with Crippen LogP contribution in [0.1, 0.15) is 10.4 Å². The third-order valence-electron chi connectivity index (χ3n) is 4.74. The summed E-state index contributed by atoms with van der Waals surface area (Å²) in [5.41, 5.74) is 4.55. The van der Waals surface area contributed by atoms with E-state index in [1.54, 1.807) is 19.2 Å². The Balaban J connectivity index is 2.02. The summed E-state index contributed by atoms with van der Waals surface area (Å²) in [6.45, 7) is 0. The molecule has 28 heavy (non-hydrogen) atoms. The molecule has 0 aliphatic rings. The van der Waals surface area contributed by atoms with Gasteiger partial charge in [-0.15, -0.1) is 0 Å². The highest BCUT2D eigenvalue weighted by Crippen LogP contribution is 2.39. The van der Waals surface area contributed by atoms with Gasteiger partial charge in [0.2, 0.25) is 0 Å². The van der Waals surface area contributed by atoms with E-state index in [0.717, 1.165) is 16.8 Å². The van der Waals surface area contributed by atoms with E-state index in [-0.39, 0.29) is 11.7 Å². The number of benzene rings is 3. The Morgan fingerprint density at radius 1 is 0.929 bits per heavy atom. The van der Waals surface area contributed by atoms with Gasteiger partial charge in [0.25, 0.3) is 5.91 Å². The lowest BCUT2D eigenvalue weighted by atomic mass is 9.98. The fourth-order valence-electron chi connectivity index (χ4n) is 3.36. The first-order valence-corrected chi connectivity index (χ1v) is 8.94. The van der Waals surface area contributed by atoms with Crippen LogP contribution in [0.4, 0.5) is 10.1 Å². The molecule has 2 N–H and O–H groups in total. The highest BCUT2D eigenvalue weighted by molar-refractivity contribution is 6.12. The third-order valence-corrected chi connectivity index (χ3v) is 4.74. The van der Waals surface area contributed by atoms with Crippen molar-refractivity contribution >= 4 is 22.6 Å². The summed E-state index contributed by atoms with van der Waals surface area (Å²) in [5.74, 6) is -0.180. The number of nitrogens with one attached hydrogen (secondary N) is 2. The van der Waals surface area contributed by atoms with Crippen molar-refractivity contribution < 1.29 is 13.6 Å². The van der Waals surface area contributed by atoms with Crippen molar-refractivity contribution in [3.05, 3.63) is 78.1 Å². The molecule has 1 heterocycles. The molecule has 4 rings (SSSR count). The van der Waals surface area contributed by atoms with E-state index < -0.39 is 0 Å². The van der Waals surface area contributed by atoms with Crippen molar-refractivity contribution in [2.24, 2.45) is 0 Å². The van der Waals surface area contributed by atoms with Gasteiger partial charge in [-0.2, -0.15) is 0 Å². The molecule has 0 saturated heterocycles. The normalized spacial score (nSPS) is 10.8. The molecule has 140 valence electrons. The molecule has 0 atom stereocenters. The van der Waals surface area contributed by atoms with Crippen LogP contribution in [0.25, 0.3) is 33.4 Å². The monoisotopic (exact) mass is 374 g/mol. The van der Waals surface area contributed by atoms with Gasteiger partial charge >= 0.3 is 0 Å². The molecular weight excluding hydrogens is 355 g/mol. The highest BCUT2D eigenvalue weighted by atomic mass is 19.1. The van der Waals surface area contributed by atoms with E-state index >= 15 is 0 Å². The molecule has 5 heteroatoms. The molecule has 0 aliphatic heterocycles. The van der Waals surface area contributed by atoms with Crippen LogP contribution < -0.4 is 10.6 Å². The largest absolute Gasteiger partial charge is 0.455 e. The molecule has 0 unspecified atom stereocenters. The van der Waals surface area contributed by atoms with Crippen LogP contribution in [0.3, 0.4) is 0 Å². The minimum absolute atomic E-state index is 0.255. The summed E-state index contributed by atoms with van der Waals surface area (Å²) in [6, 6.07) is 19.7. The van der Waals surface area contributed by atoms with Crippen LogP contribution in [-0.4, -0.2) is 20.0 Å². The molecule has 0 radical (unpaired) electrons. The zero-order valence-corrected chi connectivity index (χ0v) is 15.5. The standard InChI is InChI=1S/C23H19FN2O2/c1-25-19-13-20-18(12-17(19)14-6-4-3-5-7-14)21(23(27)26-2)22(28-20)15-8-10-16(24)11-9-15/h3-13,25H,1-2H3,(H,26,27). The van der Waals surface area contributed by atoms with E-state index in [2.05, 4.69) is 10.6 Å². The Morgan fingerprint density at radius 3 is 2.29 bits per heavy atom. The number of carbonyl (C=O) groups excluding carboxylic acids is 1. The van der Waals surface area contributed by atoms with Gasteiger partial charge in [0.1, 0.15) is 17.2 Å². The molecule has 0 fully saturated rings. The first kappa shape index (κ1) is 17.8. The number of rotatable bonds is 4. The van der Waals surface area contributed by atoms with Crippen LogP contribution in [0.5, 0.6) is 0 Å². The molecule has 0 spiro atoms. The van der Waals surface area contributed by atoms with Gasteiger partial charge in [-0.1, -0.05) is 30.3 Å². The summed E-state index contributed by atoms with van der Waals surface area (Å²) < 4.78 is 19.4. The second-order valence-corrected chi connectivity index (χ2v) is 6.40. The Labute approximate surface area is 162 Å². The van der Waals surface area contributed by atoms with Gasteiger partial charge in [0.05, 0.1) is 5.56 Å². The van der Waals surface area contributed by atoms with E-state index in [1.807, 2.05) is 49.5 Å². The minimum atomic E-state index is -0.342. The van der Waals surface area contributed by atoms with Crippen molar-refractivity contribution in [1.82, 2.24) is 5.32 Å². The van der Waals surface area contributed by atoms with Gasteiger partial charge in [-0.05, 0) is 35.9 Å². The van der Waals surface area contributed by atoms with Crippen molar-refractivity contribution in [2.45, 2.75) is 0 Å². The summed E-state index contributed by atoms with van der Waals surface area (Å²) in [7, 11) is 3.42. The average molecular weight is 374 g/mol. The lowest BCUT2D eigenvalue weighted by Crippen LogP contribution is -2.18. The van der Waals surface area contributed by atoms with Crippen LogP contribution in [0.2, 0.25) is 0 Å². The predicted octanol–water partition coefficient (Wildman–Crippen LogP) is 5.31. The summed E-state index contributed by atoms with van der Waals surface area (Å²) in [4.78, 5) is 12.7. The maximum atomic E-state index is 13.4. The van der Waals surface area contributed by atoms with Crippen LogP contribution in [0.15, 0.2) is 71.1 Å². The first-order valence-electron chi connectivity index (χ1n) is 8.94. The Morgan fingerprint density at radius 2 is 1.64 bits per heavy atom. The fourth-order valence-corrected chi connectivity index (χ4v) is 3.36. The SMILES string of the molecule is CNC(=O)c1c(-c2ccc(F)cc2)oc2cc(NC)c(-c3ccccc3)cc12. The summed E-state index contributed by atoms with van der Waals surface area (Å²) >= 11 is 0. The smallest absolute Gasteiger partial charge is 0.255 e. The quantitative estimate of drug-likeness (QED) is 0.509. The number of carbonyl (C=O) groups is 1. The Bertz CT molecular complexity index is 1150. The molecule has 4 nitrogen and oxygen atoms in total. The fraction of sp³-hybridized carbons (Fsp3) is 0.0870. The Kier molecular flexibility index (Phi) is 4.57. The minimum Gasteiger partial charge on any atom is -0.455 e. The van der Waals surface area contributed by atoms with E-state index in [9.17, 15) is 9.18 Å². The average Bonchev–Trinajstić information content (AvgIpc) is 3.11. The zero-order chi connectivity index (χ0) is 19.7. The molecule has 0 aliphatic carbocycles. The lowest BCUT2D eigenvalue weighted by Gasteiger charge is -2.10. The maximum absolute atomic E-state index is 13.4. The second kappa shape index (κ2) is 7.19. The molecule has 4 aromatic rings. The predicted molar refractivity (Wildman–Crippen MR) is 110 cm³/mol.